The molecule has 2 heterocycles. The molecule has 1 amide bonds. The van der Waals surface area contributed by atoms with Gasteiger partial charge in [-0.3, -0.25) is 4.79 Å². The van der Waals surface area contributed by atoms with Crippen LogP contribution in [0, 0.1) is 0 Å². The lowest BCUT2D eigenvalue weighted by Crippen LogP contribution is -2.44. The van der Waals surface area contributed by atoms with Crippen molar-refractivity contribution in [1.82, 2.24) is 14.8 Å². The van der Waals surface area contributed by atoms with Gasteiger partial charge < -0.3 is 14.8 Å². The first-order chi connectivity index (χ1) is 9.00. The molecule has 0 radical (unpaired) electrons. The molecule has 2 rings (SSSR count). The molecule has 1 N–H and O–H groups in total. The average molecular weight is 365 g/mol. The first-order valence-corrected chi connectivity index (χ1v) is 7.65. The number of nitrogens with one attached hydrogen (secondary N) is 1. The molecule has 0 saturated carbocycles. The molecule has 1 aliphatic heterocycles. The maximum Gasteiger partial charge on any atom is 0.270 e. The summed E-state index contributed by atoms with van der Waals surface area (Å²) in [6.45, 7) is 6.18. The number of carbonyl (C=O) groups is 1. The average Bonchev–Trinajstić information content (AvgIpc) is 2.80. The van der Waals surface area contributed by atoms with Crippen LogP contribution in [0.5, 0.6) is 0 Å². The van der Waals surface area contributed by atoms with Crippen molar-refractivity contribution >= 4 is 34.2 Å². The quantitative estimate of drug-likeness (QED) is 0.895. The van der Waals surface area contributed by atoms with Gasteiger partial charge in [-0.25, -0.2) is 0 Å². The van der Waals surface area contributed by atoms with Gasteiger partial charge in [-0.15, -0.1) is 12.4 Å². The zero-order chi connectivity index (χ0) is 14.0. The van der Waals surface area contributed by atoms with E-state index in [0.717, 1.165) is 36.1 Å². The van der Waals surface area contributed by atoms with Crippen LogP contribution in [0.4, 0.5) is 0 Å². The third-order valence-electron chi connectivity index (χ3n) is 3.77. The van der Waals surface area contributed by atoms with E-state index >= 15 is 0 Å². The van der Waals surface area contributed by atoms with Crippen LogP contribution in [0.1, 0.15) is 43.2 Å². The molecule has 0 aromatic carbocycles. The summed E-state index contributed by atoms with van der Waals surface area (Å²) in [6, 6.07) is 2.55. The Kier molecular flexibility index (Phi) is 6.55. The van der Waals surface area contributed by atoms with Crippen molar-refractivity contribution in [2.45, 2.75) is 38.8 Å². The second-order valence-corrected chi connectivity index (χ2v) is 6.36. The van der Waals surface area contributed by atoms with Gasteiger partial charge in [0.1, 0.15) is 5.69 Å². The van der Waals surface area contributed by atoms with E-state index in [4.69, 9.17) is 0 Å². The largest absolute Gasteiger partial charge is 0.340 e. The molecule has 1 aromatic heterocycles. The maximum atomic E-state index is 12.6. The topological polar surface area (TPSA) is 37.3 Å². The third kappa shape index (κ3) is 3.77. The van der Waals surface area contributed by atoms with E-state index in [1.807, 2.05) is 28.8 Å². The van der Waals surface area contributed by atoms with E-state index in [1.165, 1.54) is 0 Å². The number of carbonyl (C=O) groups excluding carboxylic acids is 1. The second kappa shape index (κ2) is 7.48. The molecule has 0 unspecified atom stereocenters. The Labute approximate surface area is 135 Å². The summed E-state index contributed by atoms with van der Waals surface area (Å²) in [5.74, 6) is 0.117. The number of hydrogen-bond donors (Lipinski definition) is 1. The Bertz CT molecular complexity index is 455. The van der Waals surface area contributed by atoms with Crippen LogP contribution in [0.3, 0.4) is 0 Å². The van der Waals surface area contributed by atoms with Gasteiger partial charge in [-0.05, 0) is 61.8 Å². The van der Waals surface area contributed by atoms with Crippen molar-refractivity contribution in [1.29, 1.82) is 0 Å². The number of amides is 1. The molecule has 1 aliphatic rings. The van der Waals surface area contributed by atoms with Crippen molar-refractivity contribution in [3.05, 3.63) is 22.4 Å². The monoisotopic (exact) mass is 363 g/mol. The SMILES string of the molecule is CC(C)n1cc(Br)cc1C(=O)N(C)C1CCNCC1.Cl. The predicted octanol–water partition coefficient (Wildman–Crippen LogP) is 3.08. The Balaban J connectivity index is 0.00000200. The molecule has 1 saturated heterocycles. The summed E-state index contributed by atoms with van der Waals surface area (Å²) in [6.07, 6.45) is 4.05. The van der Waals surface area contributed by atoms with Gasteiger partial charge in [0.15, 0.2) is 0 Å². The standard InChI is InChI=1S/C14H22BrN3O.ClH/c1-10(2)18-9-11(15)8-13(18)14(19)17(3)12-4-6-16-7-5-12;/h8-10,12,16H,4-7H2,1-3H3;1H. The van der Waals surface area contributed by atoms with Crippen LogP contribution >= 0.6 is 28.3 Å². The molecule has 20 heavy (non-hydrogen) atoms. The smallest absolute Gasteiger partial charge is 0.270 e. The summed E-state index contributed by atoms with van der Waals surface area (Å²) in [4.78, 5) is 14.6. The van der Waals surface area contributed by atoms with Crippen LogP contribution in [-0.2, 0) is 0 Å². The summed E-state index contributed by atoms with van der Waals surface area (Å²) >= 11 is 3.46. The van der Waals surface area contributed by atoms with E-state index in [-0.39, 0.29) is 24.4 Å². The minimum Gasteiger partial charge on any atom is -0.340 e. The van der Waals surface area contributed by atoms with Gasteiger partial charge in [0.05, 0.1) is 0 Å². The molecular weight excluding hydrogens is 342 g/mol. The first kappa shape index (κ1) is 17.5. The zero-order valence-electron chi connectivity index (χ0n) is 12.2. The Morgan fingerprint density at radius 1 is 1.45 bits per heavy atom. The highest BCUT2D eigenvalue weighted by Gasteiger charge is 2.25. The molecule has 0 spiro atoms. The number of piperidine rings is 1. The molecule has 0 aliphatic carbocycles. The van der Waals surface area contributed by atoms with Crippen LogP contribution in [0.15, 0.2) is 16.7 Å². The normalized spacial score (nSPS) is 16.1. The Hall–Kier alpha value is -0.520. The second-order valence-electron chi connectivity index (χ2n) is 5.44. The van der Waals surface area contributed by atoms with Gasteiger partial charge in [0.25, 0.3) is 5.91 Å². The van der Waals surface area contributed by atoms with Gasteiger partial charge in [-0.1, -0.05) is 0 Å². The zero-order valence-corrected chi connectivity index (χ0v) is 14.6. The Morgan fingerprint density at radius 2 is 2.05 bits per heavy atom. The highest BCUT2D eigenvalue weighted by molar-refractivity contribution is 9.10. The van der Waals surface area contributed by atoms with Crippen molar-refractivity contribution < 1.29 is 4.79 Å². The summed E-state index contributed by atoms with van der Waals surface area (Å²) in [5, 5.41) is 3.33. The number of nitrogens with zero attached hydrogens (tertiary/aromatic N) is 2. The van der Waals surface area contributed by atoms with E-state index < -0.39 is 0 Å². The third-order valence-corrected chi connectivity index (χ3v) is 4.20. The van der Waals surface area contributed by atoms with Crippen molar-refractivity contribution in [3.63, 3.8) is 0 Å². The molecule has 0 atom stereocenters. The van der Waals surface area contributed by atoms with Crippen molar-refractivity contribution in [2.75, 3.05) is 20.1 Å². The number of hydrogen-bond acceptors (Lipinski definition) is 2. The van der Waals surface area contributed by atoms with Crippen LogP contribution in [0.25, 0.3) is 0 Å². The lowest BCUT2D eigenvalue weighted by molar-refractivity contribution is 0.0690. The van der Waals surface area contributed by atoms with Gasteiger partial charge in [-0.2, -0.15) is 0 Å². The minimum atomic E-state index is 0. The lowest BCUT2D eigenvalue weighted by atomic mass is 10.1. The number of rotatable bonds is 3. The van der Waals surface area contributed by atoms with Gasteiger partial charge in [0, 0.05) is 29.8 Å². The molecule has 1 fully saturated rings. The molecule has 0 bridgehead atoms. The fourth-order valence-corrected chi connectivity index (χ4v) is 3.02. The van der Waals surface area contributed by atoms with Crippen molar-refractivity contribution in [3.8, 4) is 0 Å². The maximum absolute atomic E-state index is 12.6. The first-order valence-electron chi connectivity index (χ1n) is 6.86. The van der Waals surface area contributed by atoms with Crippen LogP contribution in [0.2, 0.25) is 0 Å². The fourth-order valence-electron chi connectivity index (χ4n) is 2.58. The van der Waals surface area contributed by atoms with Crippen LogP contribution in [-0.4, -0.2) is 41.6 Å². The highest BCUT2D eigenvalue weighted by atomic mass is 79.9. The predicted molar refractivity (Wildman–Crippen MR) is 87.8 cm³/mol. The Morgan fingerprint density at radius 3 is 2.60 bits per heavy atom. The summed E-state index contributed by atoms with van der Waals surface area (Å²) in [5.41, 5.74) is 0.767. The summed E-state index contributed by atoms with van der Waals surface area (Å²) < 4.78 is 2.99. The molecular formula is C14H23BrClN3O. The van der Waals surface area contributed by atoms with E-state index in [2.05, 4.69) is 35.1 Å². The number of aromatic nitrogens is 1. The van der Waals surface area contributed by atoms with E-state index in [0.29, 0.717) is 6.04 Å². The number of halogens is 2. The van der Waals surface area contributed by atoms with Gasteiger partial charge in [0.2, 0.25) is 0 Å². The summed E-state index contributed by atoms with van der Waals surface area (Å²) in [7, 11) is 1.92. The highest BCUT2D eigenvalue weighted by Crippen LogP contribution is 2.22. The van der Waals surface area contributed by atoms with E-state index in [9.17, 15) is 4.79 Å². The fraction of sp³-hybridized carbons (Fsp3) is 0.643. The van der Waals surface area contributed by atoms with E-state index in [1.54, 1.807) is 0 Å². The minimum absolute atomic E-state index is 0. The molecule has 114 valence electrons. The van der Waals surface area contributed by atoms with Gasteiger partial charge >= 0.3 is 0 Å². The van der Waals surface area contributed by atoms with Crippen LogP contribution < -0.4 is 5.32 Å². The molecule has 6 heteroatoms. The molecule has 1 aromatic rings. The lowest BCUT2D eigenvalue weighted by Gasteiger charge is -2.32. The molecule has 4 nitrogen and oxygen atoms in total. The van der Waals surface area contributed by atoms with Crippen molar-refractivity contribution in [2.24, 2.45) is 0 Å².